The second-order valence-corrected chi connectivity index (χ2v) is 4.24. The molecule has 1 rings (SSSR count). The van der Waals surface area contributed by atoms with Crippen molar-refractivity contribution in [2.45, 2.75) is 39.3 Å². The average Bonchev–Trinajstić information content (AvgIpc) is 2.35. The molecular formula is C14H23NO2. The van der Waals surface area contributed by atoms with Gasteiger partial charge >= 0.3 is 0 Å². The van der Waals surface area contributed by atoms with E-state index in [9.17, 15) is 0 Å². The molecule has 96 valence electrons. The van der Waals surface area contributed by atoms with Crippen LogP contribution in [-0.4, -0.2) is 24.4 Å². The minimum Gasteiger partial charge on any atom is -0.491 e. The number of hydrogen-bond donors (Lipinski definition) is 2. The Morgan fingerprint density at radius 3 is 2.94 bits per heavy atom. The number of nitrogens with one attached hydrogen (secondary N) is 1. The number of aliphatic hydroxyl groups excluding tert-OH is 1. The minimum atomic E-state index is 0.240. The molecule has 1 atom stereocenters. The Labute approximate surface area is 104 Å². The van der Waals surface area contributed by atoms with Crippen molar-refractivity contribution >= 4 is 0 Å². The van der Waals surface area contributed by atoms with Crippen molar-refractivity contribution in [3.8, 4) is 5.75 Å². The Bertz CT molecular complexity index is 315. The van der Waals surface area contributed by atoms with Crippen molar-refractivity contribution in [1.29, 1.82) is 0 Å². The molecule has 0 heterocycles. The van der Waals surface area contributed by atoms with Gasteiger partial charge in [-0.05, 0) is 44.0 Å². The van der Waals surface area contributed by atoms with Crippen LogP contribution >= 0.6 is 0 Å². The van der Waals surface area contributed by atoms with Crippen LogP contribution < -0.4 is 10.1 Å². The molecule has 0 fully saturated rings. The Kier molecular flexibility index (Phi) is 6.67. The van der Waals surface area contributed by atoms with Gasteiger partial charge in [-0.15, -0.1) is 0 Å². The first-order valence-corrected chi connectivity index (χ1v) is 6.33. The zero-order valence-corrected chi connectivity index (χ0v) is 10.8. The van der Waals surface area contributed by atoms with Gasteiger partial charge in [-0.1, -0.05) is 19.1 Å². The van der Waals surface area contributed by atoms with Crippen LogP contribution in [-0.2, 0) is 6.54 Å². The summed E-state index contributed by atoms with van der Waals surface area (Å²) in [6.07, 6.45) is 2.06. The van der Waals surface area contributed by atoms with E-state index < -0.39 is 0 Å². The van der Waals surface area contributed by atoms with Gasteiger partial charge in [-0.2, -0.15) is 0 Å². The second kappa shape index (κ2) is 8.09. The van der Waals surface area contributed by atoms with Crippen molar-refractivity contribution < 1.29 is 9.84 Å². The molecule has 0 aliphatic rings. The maximum Gasteiger partial charge on any atom is 0.120 e. The van der Waals surface area contributed by atoms with Crippen LogP contribution in [0.25, 0.3) is 0 Å². The summed E-state index contributed by atoms with van der Waals surface area (Å²) >= 11 is 0. The van der Waals surface area contributed by atoms with Crippen LogP contribution in [0, 0.1) is 0 Å². The van der Waals surface area contributed by atoms with Gasteiger partial charge in [0.05, 0.1) is 6.10 Å². The van der Waals surface area contributed by atoms with Crippen molar-refractivity contribution in [1.82, 2.24) is 5.32 Å². The van der Waals surface area contributed by atoms with Crippen molar-refractivity contribution in [2.75, 3.05) is 13.2 Å². The van der Waals surface area contributed by atoms with E-state index in [-0.39, 0.29) is 12.7 Å². The summed E-state index contributed by atoms with van der Waals surface area (Å²) in [6, 6.07) is 8.15. The van der Waals surface area contributed by atoms with E-state index in [1.807, 2.05) is 12.1 Å². The molecule has 0 aromatic heterocycles. The molecule has 0 aliphatic carbocycles. The molecule has 1 aromatic rings. The Hall–Kier alpha value is -1.06. The van der Waals surface area contributed by atoms with E-state index in [4.69, 9.17) is 9.84 Å². The van der Waals surface area contributed by atoms with E-state index in [1.165, 1.54) is 5.56 Å². The molecule has 1 aromatic carbocycles. The summed E-state index contributed by atoms with van der Waals surface area (Å²) < 4.78 is 5.76. The van der Waals surface area contributed by atoms with Crippen LogP contribution in [0.3, 0.4) is 0 Å². The van der Waals surface area contributed by atoms with Crippen LogP contribution in [0.1, 0.15) is 32.3 Å². The molecule has 2 N–H and O–H groups in total. The molecule has 0 bridgehead atoms. The molecule has 17 heavy (non-hydrogen) atoms. The third-order valence-corrected chi connectivity index (χ3v) is 2.65. The zero-order chi connectivity index (χ0) is 12.5. The first-order chi connectivity index (χ1) is 8.26. The maximum atomic E-state index is 8.67. The summed E-state index contributed by atoms with van der Waals surface area (Å²) in [5.74, 6) is 0.931. The smallest absolute Gasteiger partial charge is 0.120 e. The first-order valence-electron chi connectivity index (χ1n) is 6.33. The molecule has 0 aliphatic heterocycles. The lowest BCUT2D eigenvalue weighted by Gasteiger charge is -2.13. The molecule has 0 radical (unpaired) electrons. The normalized spacial score (nSPS) is 12.4. The van der Waals surface area contributed by atoms with Gasteiger partial charge in [0.1, 0.15) is 5.75 Å². The first kappa shape index (κ1) is 14.0. The summed E-state index contributed by atoms with van der Waals surface area (Å²) in [4.78, 5) is 0. The van der Waals surface area contributed by atoms with Gasteiger partial charge < -0.3 is 15.2 Å². The van der Waals surface area contributed by atoms with Crippen molar-refractivity contribution in [3.63, 3.8) is 0 Å². The lowest BCUT2D eigenvalue weighted by Crippen LogP contribution is -2.16. The molecule has 1 unspecified atom stereocenters. The number of ether oxygens (including phenoxy) is 1. The lowest BCUT2D eigenvalue weighted by molar-refractivity contribution is 0.217. The Balaban J connectivity index is 2.42. The number of aliphatic hydroxyl groups is 1. The molecule has 0 saturated heterocycles. The third-order valence-electron chi connectivity index (χ3n) is 2.65. The van der Waals surface area contributed by atoms with E-state index in [0.717, 1.165) is 31.7 Å². The molecule has 0 spiro atoms. The number of hydrogen-bond acceptors (Lipinski definition) is 3. The van der Waals surface area contributed by atoms with Crippen LogP contribution in [0.4, 0.5) is 0 Å². The predicted octanol–water partition coefficient (Wildman–Crippen LogP) is 2.34. The van der Waals surface area contributed by atoms with Gasteiger partial charge in [0.25, 0.3) is 0 Å². The van der Waals surface area contributed by atoms with Gasteiger partial charge in [-0.25, -0.2) is 0 Å². The number of benzene rings is 1. The van der Waals surface area contributed by atoms with Crippen LogP contribution in [0.15, 0.2) is 24.3 Å². The fourth-order valence-corrected chi connectivity index (χ4v) is 1.48. The molecule has 3 heteroatoms. The molecule has 0 saturated carbocycles. The van der Waals surface area contributed by atoms with Crippen molar-refractivity contribution in [2.24, 2.45) is 0 Å². The van der Waals surface area contributed by atoms with Gasteiger partial charge in [0, 0.05) is 13.2 Å². The van der Waals surface area contributed by atoms with Crippen LogP contribution in [0.2, 0.25) is 0 Å². The highest BCUT2D eigenvalue weighted by Crippen LogP contribution is 2.15. The van der Waals surface area contributed by atoms with Crippen molar-refractivity contribution in [3.05, 3.63) is 29.8 Å². The minimum absolute atomic E-state index is 0.240. The Morgan fingerprint density at radius 2 is 2.24 bits per heavy atom. The summed E-state index contributed by atoms with van der Waals surface area (Å²) in [7, 11) is 0. The van der Waals surface area contributed by atoms with Crippen LogP contribution in [0.5, 0.6) is 5.75 Å². The standard InChI is InChI=1S/C14H23NO2/c1-3-12(2)17-14-7-4-6-13(10-14)11-15-8-5-9-16/h4,6-7,10,12,15-16H,3,5,8-9,11H2,1-2H3. The third kappa shape index (κ3) is 5.71. The molecular weight excluding hydrogens is 214 g/mol. The second-order valence-electron chi connectivity index (χ2n) is 4.24. The van der Waals surface area contributed by atoms with E-state index in [1.54, 1.807) is 0 Å². The fourth-order valence-electron chi connectivity index (χ4n) is 1.48. The summed E-state index contributed by atoms with van der Waals surface area (Å²) in [6.45, 7) is 6.09. The monoisotopic (exact) mass is 237 g/mol. The highest BCUT2D eigenvalue weighted by Gasteiger charge is 2.01. The zero-order valence-electron chi connectivity index (χ0n) is 10.8. The topological polar surface area (TPSA) is 41.5 Å². The molecule has 0 amide bonds. The summed E-state index contributed by atoms with van der Waals surface area (Å²) in [5.41, 5.74) is 1.21. The van der Waals surface area contributed by atoms with E-state index >= 15 is 0 Å². The van der Waals surface area contributed by atoms with Gasteiger partial charge in [-0.3, -0.25) is 0 Å². The van der Waals surface area contributed by atoms with Gasteiger partial charge in [0.15, 0.2) is 0 Å². The maximum absolute atomic E-state index is 8.67. The highest BCUT2D eigenvalue weighted by molar-refractivity contribution is 5.28. The fraction of sp³-hybridized carbons (Fsp3) is 0.571. The number of rotatable bonds is 8. The largest absolute Gasteiger partial charge is 0.491 e. The van der Waals surface area contributed by atoms with E-state index in [2.05, 4.69) is 31.3 Å². The summed E-state index contributed by atoms with van der Waals surface area (Å²) in [5, 5.41) is 12.0. The quantitative estimate of drug-likeness (QED) is 0.682. The SMILES string of the molecule is CCC(C)Oc1cccc(CNCCCO)c1. The highest BCUT2D eigenvalue weighted by atomic mass is 16.5. The average molecular weight is 237 g/mol. The Morgan fingerprint density at radius 1 is 1.41 bits per heavy atom. The molecule has 3 nitrogen and oxygen atoms in total. The van der Waals surface area contributed by atoms with E-state index in [0.29, 0.717) is 0 Å². The predicted molar refractivity (Wildman–Crippen MR) is 70.2 cm³/mol. The lowest BCUT2D eigenvalue weighted by atomic mass is 10.2. The van der Waals surface area contributed by atoms with Gasteiger partial charge in [0.2, 0.25) is 0 Å².